The minimum atomic E-state index is -0.0804. The van der Waals surface area contributed by atoms with Crippen molar-refractivity contribution in [2.75, 3.05) is 24.7 Å². The normalized spacial score (nSPS) is 18.1. The molecule has 0 bridgehead atoms. The Hall–Kier alpha value is -3.03. The van der Waals surface area contributed by atoms with Crippen LogP contribution in [0, 0.1) is 0 Å². The number of benzene rings is 1. The van der Waals surface area contributed by atoms with Crippen LogP contribution in [0.25, 0.3) is 10.4 Å². The number of aromatic nitrogens is 1. The number of carbonyl (C=O) groups excluding carboxylic acids is 2. The van der Waals surface area contributed by atoms with Crippen molar-refractivity contribution in [2.45, 2.75) is 44.1 Å². The number of hydrogen-bond donors (Lipinski definition) is 1. The van der Waals surface area contributed by atoms with Crippen LogP contribution in [0.1, 0.15) is 63.0 Å². The van der Waals surface area contributed by atoms with E-state index >= 15 is 0 Å². The van der Waals surface area contributed by atoms with Crippen LogP contribution in [0.15, 0.2) is 48.5 Å². The van der Waals surface area contributed by atoms with E-state index in [1.165, 1.54) is 11.3 Å². The molecule has 7 heteroatoms. The van der Waals surface area contributed by atoms with E-state index in [0.717, 1.165) is 71.2 Å². The molecule has 3 aliphatic rings. The van der Waals surface area contributed by atoms with Gasteiger partial charge in [0.25, 0.3) is 11.8 Å². The van der Waals surface area contributed by atoms with Crippen LogP contribution in [0.5, 0.6) is 0 Å². The Morgan fingerprint density at radius 1 is 1.03 bits per heavy atom. The third-order valence-corrected chi connectivity index (χ3v) is 8.07. The van der Waals surface area contributed by atoms with Gasteiger partial charge in [0.15, 0.2) is 0 Å². The number of fused-ring (bicyclic) bond motifs is 3. The van der Waals surface area contributed by atoms with E-state index in [-0.39, 0.29) is 11.8 Å². The third kappa shape index (κ3) is 4.14. The van der Waals surface area contributed by atoms with Crippen molar-refractivity contribution in [3.05, 3.63) is 70.4 Å². The molecular weight excluding hydrogens is 446 g/mol. The van der Waals surface area contributed by atoms with Gasteiger partial charge in [-0.1, -0.05) is 24.3 Å². The Morgan fingerprint density at radius 3 is 2.68 bits per heavy atom. The van der Waals surface area contributed by atoms with Gasteiger partial charge in [-0.3, -0.25) is 9.59 Å². The smallest absolute Gasteiger partial charge is 0.276 e. The number of ether oxygens (including phenoxy) is 1. The lowest BCUT2D eigenvalue weighted by Gasteiger charge is -2.24. The highest BCUT2D eigenvalue weighted by Gasteiger charge is 2.30. The van der Waals surface area contributed by atoms with Gasteiger partial charge in [0.05, 0.1) is 10.6 Å². The van der Waals surface area contributed by atoms with E-state index < -0.39 is 0 Å². The summed E-state index contributed by atoms with van der Waals surface area (Å²) < 4.78 is 5.49. The highest BCUT2D eigenvalue weighted by Crippen LogP contribution is 2.42. The SMILES string of the molecule is O=C(NC1CC1)c1cc2c(s1)-c1ccccc1N(C(=O)c1cccc(C3CCOCC3)n1)CC2. The predicted octanol–water partition coefficient (Wildman–Crippen LogP) is 4.80. The molecule has 1 saturated carbocycles. The maximum Gasteiger partial charge on any atom is 0.276 e. The molecule has 34 heavy (non-hydrogen) atoms. The first-order valence-electron chi connectivity index (χ1n) is 12.1. The van der Waals surface area contributed by atoms with Crippen molar-refractivity contribution in [1.82, 2.24) is 10.3 Å². The number of carbonyl (C=O) groups is 2. The first-order chi connectivity index (χ1) is 16.7. The maximum absolute atomic E-state index is 13.7. The Bertz CT molecular complexity index is 1240. The van der Waals surface area contributed by atoms with Crippen LogP contribution in [-0.2, 0) is 11.2 Å². The number of hydrogen-bond acceptors (Lipinski definition) is 5. The zero-order valence-electron chi connectivity index (χ0n) is 19.0. The van der Waals surface area contributed by atoms with Gasteiger partial charge in [0.1, 0.15) is 5.69 Å². The van der Waals surface area contributed by atoms with Gasteiger partial charge in [-0.2, -0.15) is 0 Å². The highest BCUT2D eigenvalue weighted by molar-refractivity contribution is 7.17. The molecular formula is C27H27N3O3S. The summed E-state index contributed by atoms with van der Waals surface area (Å²) in [7, 11) is 0. The molecule has 6 rings (SSSR count). The molecule has 4 heterocycles. The standard InChI is InChI=1S/C27H27N3O3S/c31-26(28-19-8-9-19)24-16-18-10-13-30(23-7-2-1-4-20(23)25(18)34-24)27(32)22-6-3-5-21(29-22)17-11-14-33-15-12-17/h1-7,16-17,19H,8-15H2,(H,28,31). The average molecular weight is 474 g/mol. The summed E-state index contributed by atoms with van der Waals surface area (Å²) in [4.78, 5) is 34.8. The summed E-state index contributed by atoms with van der Waals surface area (Å²) in [5.41, 5.74) is 4.45. The summed E-state index contributed by atoms with van der Waals surface area (Å²) in [5.74, 6) is 0.272. The lowest BCUT2D eigenvalue weighted by Crippen LogP contribution is -2.33. The van der Waals surface area contributed by atoms with Crippen LogP contribution in [0.2, 0.25) is 0 Å². The number of nitrogens with zero attached hydrogens (tertiary/aromatic N) is 2. The molecule has 0 spiro atoms. The molecule has 1 saturated heterocycles. The van der Waals surface area contributed by atoms with Crippen LogP contribution in [0.3, 0.4) is 0 Å². The van der Waals surface area contributed by atoms with Crippen molar-refractivity contribution in [2.24, 2.45) is 0 Å². The topological polar surface area (TPSA) is 71.5 Å². The summed E-state index contributed by atoms with van der Waals surface area (Å²) in [5, 5.41) is 3.09. The molecule has 3 aromatic rings. The number of para-hydroxylation sites is 1. The van der Waals surface area contributed by atoms with E-state index in [0.29, 0.717) is 30.6 Å². The molecule has 0 radical (unpaired) electrons. The fourth-order valence-corrected chi connectivity index (χ4v) is 5.98. The molecule has 174 valence electrons. The van der Waals surface area contributed by atoms with Gasteiger partial charge in [0.2, 0.25) is 0 Å². The lowest BCUT2D eigenvalue weighted by molar-refractivity contribution is 0.0843. The van der Waals surface area contributed by atoms with E-state index in [4.69, 9.17) is 9.72 Å². The molecule has 2 fully saturated rings. The Morgan fingerprint density at radius 2 is 1.85 bits per heavy atom. The Balaban J connectivity index is 1.31. The first kappa shape index (κ1) is 21.5. The van der Waals surface area contributed by atoms with Gasteiger partial charge in [-0.15, -0.1) is 11.3 Å². The predicted molar refractivity (Wildman–Crippen MR) is 133 cm³/mol. The molecule has 1 aromatic carbocycles. The van der Waals surface area contributed by atoms with Gasteiger partial charge in [-0.25, -0.2) is 4.98 Å². The van der Waals surface area contributed by atoms with Gasteiger partial charge in [0, 0.05) is 47.9 Å². The van der Waals surface area contributed by atoms with E-state index in [1.807, 2.05) is 53.4 Å². The zero-order valence-corrected chi connectivity index (χ0v) is 19.8. The molecule has 6 nitrogen and oxygen atoms in total. The monoisotopic (exact) mass is 473 g/mol. The molecule has 2 aliphatic heterocycles. The second kappa shape index (κ2) is 8.96. The van der Waals surface area contributed by atoms with E-state index in [1.54, 1.807) is 0 Å². The number of thiophene rings is 1. The number of nitrogens with one attached hydrogen (secondary N) is 1. The van der Waals surface area contributed by atoms with Gasteiger partial charge >= 0.3 is 0 Å². The number of pyridine rings is 1. The minimum absolute atomic E-state index is 0.0140. The zero-order chi connectivity index (χ0) is 23.1. The lowest BCUT2D eigenvalue weighted by atomic mass is 9.96. The fourth-order valence-electron chi connectivity index (χ4n) is 4.83. The van der Waals surface area contributed by atoms with Crippen molar-refractivity contribution in [1.29, 1.82) is 0 Å². The quantitative estimate of drug-likeness (QED) is 0.591. The number of rotatable bonds is 4. The van der Waals surface area contributed by atoms with Crippen molar-refractivity contribution >= 4 is 28.8 Å². The van der Waals surface area contributed by atoms with E-state index in [2.05, 4.69) is 5.32 Å². The molecule has 0 unspecified atom stereocenters. The van der Waals surface area contributed by atoms with Crippen molar-refractivity contribution < 1.29 is 14.3 Å². The molecule has 2 aromatic heterocycles. The minimum Gasteiger partial charge on any atom is -0.381 e. The third-order valence-electron chi connectivity index (χ3n) is 6.86. The highest BCUT2D eigenvalue weighted by atomic mass is 32.1. The van der Waals surface area contributed by atoms with Crippen molar-refractivity contribution in [3.63, 3.8) is 0 Å². The maximum atomic E-state index is 13.7. The summed E-state index contributed by atoms with van der Waals surface area (Å²) in [6.45, 7) is 2.03. The number of amides is 2. The van der Waals surface area contributed by atoms with Crippen molar-refractivity contribution in [3.8, 4) is 10.4 Å². The second-order valence-corrected chi connectivity index (χ2v) is 10.3. The average Bonchev–Trinajstić information content (AvgIpc) is 3.63. The first-order valence-corrected chi connectivity index (χ1v) is 12.9. The molecule has 1 N–H and O–H groups in total. The summed E-state index contributed by atoms with van der Waals surface area (Å²) in [6.07, 6.45) is 4.71. The summed E-state index contributed by atoms with van der Waals surface area (Å²) in [6, 6.07) is 16.1. The number of anilines is 1. The Kier molecular flexibility index (Phi) is 5.67. The largest absolute Gasteiger partial charge is 0.381 e. The van der Waals surface area contributed by atoms with Crippen LogP contribution in [-0.4, -0.2) is 42.6 Å². The Labute approximate surface area is 203 Å². The van der Waals surface area contributed by atoms with Crippen LogP contribution >= 0.6 is 11.3 Å². The molecule has 1 aliphatic carbocycles. The van der Waals surface area contributed by atoms with Gasteiger partial charge < -0.3 is 15.0 Å². The molecule has 2 amide bonds. The molecule has 0 atom stereocenters. The second-order valence-electron chi connectivity index (χ2n) is 9.27. The summed E-state index contributed by atoms with van der Waals surface area (Å²) >= 11 is 1.52. The van der Waals surface area contributed by atoms with Crippen LogP contribution < -0.4 is 10.2 Å². The van der Waals surface area contributed by atoms with Crippen LogP contribution in [0.4, 0.5) is 5.69 Å². The fraction of sp³-hybridized carbons (Fsp3) is 0.370. The van der Waals surface area contributed by atoms with Gasteiger partial charge in [-0.05, 0) is 61.9 Å². The van der Waals surface area contributed by atoms with E-state index in [9.17, 15) is 9.59 Å².